The molecule has 0 saturated carbocycles. The van der Waals surface area contributed by atoms with E-state index in [2.05, 4.69) is 46.6 Å². The van der Waals surface area contributed by atoms with E-state index in [-0.39, 0.29) is 6.04 Å². The molecule has 0 saturated heterocycles. The number of ether oxygens (including phenoxy) is 1. The van der Waals surface area contributed by atoms with Crippen molar-refractivity contribution in [3.63, 3.8) is 0 Å². The molecule has 5 heteroatoms. The topological polar surface area (TPSA) is 52.0 Å². The SMILES string of the molecule is COCc1nc2n(n1)[C@@H](c1ccccc1)C[C@H](C)N2. The molecule has 19 heavy (non-hydrogen) atoms. The van der Waals surface area contributed by atoms with E-state index in [1.54, 1.807) is 7.11 Å². The van der Waals surface area contributed by atoms with E-state index in [9.17, 15) is 0 Å². The molecule has 3 rings (SSSR count). The maximum atomic E-state index is 5.11. The van der Waals surface area contributed by atoms with Crippen LogP contribution in [0.25, 0.3) is 0 Å². The molecule has 2 heterocycles. The number of hydrogen-bond acceptors (Lipinski definition) is 4. The summed E-state index contributed by atoms with van der Waals surface area (Å²) in [6, 6.07) is 11.1. The minimum Gasteiger partial charge on any atom is -0.377 e. The first-order chi connectivity index (χ1) is 9.28. The van der Waals surface area contributed by atoms with Crippen LogP contribution in [0.1, 0.15) is 30.8 Å². The Morgan fingerprint density at radius 2 is 2.16 bits per heavy atom. The summed E-state index contributed by atoms with van der Waals surface area (Å²) in [5, 5.41) is 7.92. The maximum absolute atomic E-state index is 5.11. The second kappa shape index (κ2) is 5.01. The van der Waals surface area contributed by atoms with Crippen LogP contribution in [0, 0.1) is 0 Å². The number of nitrogens with one attached hydrogen (secondary N) is 1. The first kappa shape index (κ1) is 12.2. The van der Waals surface area contributed by atoms with Gasteiger partial charge in [0.05, 0.1) is 6.04 Å². The molecule has 1 aliphatic rings. The summed E-state index contributed by atoms with van der Waals surface area (Å²) in [6.45, 7) is 2.61. The van der Waals surface area contributed by atoms with Crippen molar-refractivity contribution >= 4 is 5.95 Å². The highest BCUT2D eigenvalue weighted by atomic mass is 16.5. The monoisotopic (exact) mass is 258 g/mol. The fourth-order valence-electron chi connectivity index (χ4n) is 2.54. The Morgan fingerprint density at radius 3 is 2.89 bits per heavy atom. The zero-order chi connectivity index (χ0) is 13.2. The second-order valence-electron chi connectivity index (χ2n) is 4.94. The lowest BCUT2D eigenvalue weighted by molar-refractivity contribution is 0.177. The number of anilines is 1. The number of nitrogens with zero attached hydrogens (tertiary/aromatic N) is 3. The van der Waals surface area contributed by atoms with Gasteiger partial charge in [-0.15, -0.1) is 0 Å². The van der Waals surface area contributed by atoms with Crippen LogP contribution < -0.4 is 5.32 Å². The van der Waals surface area contributed by atoms with Crippen LogP contribution in [-0.4, -0.2) is 27.9 Å². The Morgan fingerprint density at radius 1 is 1.37 bits per heavy atom. The van der Waals surface area contributed by atoms with Gasteiger partial charge in [0.25, 0.3) is 0 Å². The Labute approximate surface area is 112 Å². The Bertz CT molecular complexity index is 552. The molecule has 1 aromatic heterocycles. The van der Waals surface area contributed by atoms with Gasteiger partial charge in [-0.1, -0.05) is 30.3 Å². The van der Waals surface area contributed by atoms with Gasteiger partial charge in [-0.3, -0.25) is 0 Å². The van der Waals surface area contributed by atoms with Crippen molar-refractivity contribution in [2.75, 3.05) is 12.4 Å². The van der Waals surface area contributed by atoms with Gasteiger partial charge in [0.1, 0.15) is 6.61 Å². The van der Waals surface area contributed by atoms with Crippen molar-refractivity contribution in [3.8, 4) is 0 Å². The lowest BCUT2D eigenvalue weighted by atomic mass is 9.99. The summed E-state index contributed by atoms with van der Waals surface area (Å²) in [5.41, 5.74) is 1.27. The predicted molar refractivity (Wildman–Crippen MR) is 73.0 cm³/mol. The predicted octanol–water partition coefficient (Wildman–Crippen LogP) is 2.22. The summed E-state index contributed by atoms with van der Waals surface area (Å²) in [7, 11) is 1.66. The van der Waals surface area contributed by atoms with E-state index in [1.165, 1.54) is 5.56 Å². The number of benzene rings is 1. The van der Waals surface area contributed by atoms with Crippen molar-refractivity contribution in [3.05, 3.63) is 41.7 Å². The van der Waals surface area contributed by atoms with E-state index in [0.29, 0.717) is 12.6 Å². The highest BCUT2D eigenvalue weighted by molar-refractivity contribution is 5.34. The summed E-state index contributed by atoms with van der Waals surface area (Å²) >= 11 is 0. The highest BCUT2D eigenvalue weighted by Crippen LogP contribution is 2.30. The van der Waals surface area contributed by atoms with E-state index in [4.69, 9.17) is 4.74 Å². The van der Waals surface area contributed by atoms with Crippen molar-refractivity contribution in [1.82, 2.24) is 14.8 Å². The molecule has 0 radical (unpaired) electrons. The summed E-state index contributed by atoms with van der Waals surface area (Å²) < 4.78 is 7.08. The van der Waals surface area contributed by atoms with Gasteiger partial charge in [-0.2, -0.15) is 10.1 Å². The van der Waals surface area contributed by atoms with Crippen molar-refractivity contribution in [2.24, 2.45) is 0 Å². The van der Waals surface area contributed by atoms with Crippen LogP contribution in [-0.2, 0) is 11.3 Å². The van der Waals surface area contributed by atoms with Crippen molar-refractivity contribution in [2.45, 2.75) is 32.0 Å². The smallest absolute Gasteiger partial charge is 0.222 e. The highest BCUT2D eigenvalue weighted by Gasteiger charge is 2.27. The molecule has 100 valence electrons. The zero-order valence-electron chi connectivity index (χ0n) is 11.2. The Balaban J connectivity index is 1.99. The number of fused-ring (bicyclic) bond motifs is 1. The van der Waals surface area contributed by atoms with E-state index >= 15 is 0 Å². The van der Waals surface area contributed by atoms with E-state index < -0.39 is 0 Å². The molecule has 1 aromatic carbocycles. The Kier molecular flexibility index (Phi) is 3.21. The van der Waals surface area contributed by atoms with Gasteiger partial charge >= 0.3 is 0 Å². The van der Waals surface area contributed by atoms with Crippen LogP contribution in [0.15, 0.2) is 30.3 Å². The molecule has 2 aromatic rings. The van der Waals surface area contributed by atoms with Crippen LogP contribution in [0.3, 0.4) is 0 Å². The molecule has 1 aliphatic heterocycles. The van der Waals surface area contributed by atoms with Gasteiger partial charge < -0.3 is 10.1 Å². The average molecular weight is 258 g/mol. The van der Waals surface area contributed by atoms with Gasteiger partial charge in [0.2, 0.25) is 5.95 Å². The summed E-state index contributed by atoms with van der Waals surface area (Å²) in [5.74, 6) is 1.56. The zero-order valence-corrected chi connectivity index (χ0v) is 11.2. The lowest BCUT2D eigenvalue weighted by Crippen LogP contribution is -2.31. The molecule has 0 bridgehead atoms. The molecule has 0 spiro atoms. The third kappa shape index (κ3) is 2.33. The molecular weight excluding hydrogens is 240 g/mol. The van der Waals surface area contributed by atoms with Crippen LogP contribution in [0.5, 0.6) is 0 Å². The number of rotatable bonds is 3. The fourth-order valence-corrected chi connectivity index (χ4v) is 2.54. The first-order valence-corrected chi connectivity index (χ1v) is 6.53. The minimum absolute atomic E-state index is 0.241. The molecule has 0 fully saturated rings. The third-order valence-electron chi connectivity index (χ3n) is 3.38. The maximum Gasteiger partial charge on any atom is 0.222 e. The van der Waals surface area contributed by atoms with Gasteiger partial charge in [0, 0.05) is 13.2 Å². The quantitative estimate of drug-likeness (QED) is 0.917. The Hall–Kier alpha value is -1.88. The normalized spacial score (nSPS) is 21.8. The minimum atomic E-state index is 0.241. The number of hydrogen-bond donors (Lipinski definition) is 1. The summed E-state index contributed by atoms with van der Waals surface area (Å²) in [6.07, 6.45) is 1.01. The van der Waals surface area contributed by atoms with Gasteiger partial charge in [-0.25, -0.2) is 4.68 Å². The van der Waals surface area contributed by atoms with Gasteiger partial charge in [-0.05, 0) is 18.9 Å². The fraction of sp³-hybridized carbons (Fsp3) is 0.429. The molecule has 1 N–H and O–H groups in total. The van der Waals surface area contributed by atoms with Crippen LogP contribution in [0.4, 0.5) is 5.95 Å². The molecule has 5 nitrogen and oxygen atoms in total. The first-order valence-electron chi connectivity index (χ1n) is 6.53. The molecule has 0 aliphatic carbocycles. The summed E-state index contributed by atoms with van der Waals surface area (Å²) in [4.78, 5) is 4.48. The molecule has 0 unspecified atom stereocenters. The van der Waals surface area contributed by atoms with Crippen LogP contribution >= 0.6 is 0 Å². The average Bonchev–Trinajstić information content (AvgIpc) is 2.81. The standard InChI is InChI=1S/C14H18N4O/c1-10-8-12(11-6-4-3-5-7-11)18-14(15-10)16-13(17-18)9-19-2/h3-7,10,12H,8-9H2,1-2H3,(H,15,16,17)/t10-,12+/m0/s1. The molecule has 0 amide bonds. The molecule has 2 atom stereocenters. The largest absolute Gasteiger partial charge is 0.377 e. The third-order valence-corrected chi connectivity index (χ3v) is 3.38. The van der Waals surface area contributed by atoms with Gasteiger partial charge in [0.15, 0.2) is 5.82 Å². The van der Waals surface area contributed by atoms with Crippen LogP contribution in [0.2, 0.25) is 0 Å². The van der Waals surface area contributed by atoms with E-state index in [0.717, 1.165) is 18.2 Å². The lowest BCUT2D eigenvalue weighted by Gasteiger charge is -2.29. The number of methoxy groups -OCH3 is 1. The van der Waals surface area contributed by atoms with Crippen molar-refractivity contribution in [1.29, 1.82) is 0 Å². The molecular formula is C14H18N4O. The van der Waals surface area contributed by atoms with E-state index in [1.807, 2.05) is 10.7 Å². The van der Waals surface area contributed by atoms with Crippen molar-refractivity contribution < 1.29 is 4.74 Å². The second-order valence-corrected chi connectivity index (χ2v) is 4.94. The number of aromatic nitrogens is 3.